The first-order valence-corrected chi connectivity index (χ1v) is 4.13. The lowest BCUT2D eigenvalue weighted by atomic mass is 10.1. The van der Waals surface area contributed by atoms with Crippen LogP contribution < -0.4 is 4.74 Å². The fraction of sp³-hybridized carbons (Fsp3) is 0.400. The molecule has 0 atom stereocenters. The monoisotopic (exact) mass is 186 g/mol. The summed E-state index contributed by atoms with van der Waals surface area (Å²) >= 11 is 0. The van der Waals surface area contributed by atoms with Crippen LogP contribution in [0.5, 0.6) is 5.75 Å². The largest absolute Gasteiger partial charge is 0.497 e. The van der Waals surface area contributed by atoms with E-state index in [2.05, 4.69) is 0 Å². The number of methoxy groups -OCH3 is 1. The maximum atomic E-state index is 11.8. The first-order chi connectivity index (χ1) is 6.22. The smallest absolute Gasteiger partial charge is 0.239 e. The van der Waals surface area contributed by atoms with E-state index in [0.717, 1.165) is 11.3 Å². The number of hydrogen-bond donors (Lipinski definition) is 0. The van der Waals surface area contributed by atoms with Gasteiger partial charge in [-0.25, -0.2) is 8.78 Å². The van der Waals surface area contributed by atoms with Gasteiger partial charge in [0.05, 0.1) is 7.11 Å². The minimum Gasteiger partial charge on any atom is -0.497 e. The number of rotatable bonds is 4. The molecule has 0 amide bonds. The SMILES string of the molecule is COc1ccc(CCC(F)F)cc1. The molecule has 0 bridgehead atoms. The molecule has 0 radical (unpaired) electrons. The van der Waals surface area contributed by atoms with Crippen LogP contribution in [0.1, 0.15) is 12.0 Å². The molecular weight excluding hydrogens is 174 g/mol. The van der Waals surface area contributed by atoms with Gasteiger partial charge < -0.3 is 4.74 Å². The second kappa shape index (κ2) is 4.80. The van der Waals surface area contributed by atoms with Crippen molar-refractivity contribution in [2.24, 2.45) is 0 Å². The summed E-state index contributed by atoms with van der Waals surface area (Å²) in [6, 6.07) is 7.17. The minimum atomic E-state index is -2.22. The van der Waals surface area contributed by atoms with E-state index in [1.165, 1.54) is 0 Å². The van der Waals surface area contributed by atoms with Gasteiger partial charge in [-0.2, -0.15) is 0 Å². The van der Waals surface area contributed by atoms with Gasteiger partial charge in [-0.15, -0.1) is 0 Å². The highest BCUT2D eigenvalue weighted by Crippen LogP contribution is 2.13. The van der Waals surface area contributed by atoms with Crippen molar-refractivity contribution in [1.29, 1.82) is 0 Å². The highest BCUT2D eigenvalue weighted by Gasteiger charge is 2.02. The molecule has 1 aromatic carbocycles. The Morgan fingerprint density at radius 2 is 1.85 bits per heavy atom. The Balaban J connectivity index is 2.49. The maximum absolute atomic E-state index is 11.8. The Morgan fingerprint density at radius 3 is 2.31 bits per heavy atom. The fourth-order valence-corrected chi connectivity index (χ4v) is 1.07. The Labute approximate surface area is 76.3 Å². The number of alkyl halides is 2. The van der Waals surface area contributed by atoms with Crippen molar-refractivity contribution in [1.82, 2.24) is 0 Å². The Hall–Kier alpha value is -1.12. The molecule has 0 unspecified atom stereocenters. The van der Waals surface area contributed by atoms with E-state index in [0.29, 0.717) is 6.42 Å². The normalized spacial score (nSPS) is 10.5. The predicted molar refractivity (Wildman–Crippen MR) is 47.3 cm³/mol. The van der Waals surface area contributed by atoms with Crippen LogP contribution in [0.4, 0.5) is 8.78 Å². The van der Waals surface area contributed by atoms with Crippen molar-refractivity contribution in [3.8, 4) is 5.75 Å². The van der Waals surface area contributed by atoms with Gasteiger partial charge in [0.25, 0.3) is 0 Å². The predicted octanol–water partition coefficient (Wildman–Crippen LogP) is 2.89. The summed E-state index contributed by atoms with van der Waals surface area (Å²) < 4.78 is 28.6. The van der Waals surface area contributed by atoms with E-state index in [1.807, 2.05) is 0 Å². The molecule has 0 aliphatic carbocycles. The van der Waals surface area contributed by atoms with Crippen molar-refractivity contribution in [2.45, 2.75) is 19.3 Å². The van der Waals surface area contributed by atoms with Crippen LogP contribution in [0, 0.1) is 0 Å². The van der Waals surface area contributed by atoms with Crippen molar-refractivity contribution in [3.63, 3.8) is 0 Å². The molecule has 0 saturated carbocycles. The molecule has 1 aromatic rings. The lowest BCUT2D eigenvalue weighted by Gasteiger charge is -2.02. The van der Waals surface area contributed by atoms with Gasteiger partial charge >= 0.3 is 0 Å². The van der Waals surface area contributed by atoms with Crippen LogP contribution in [0.25, 0.3) is 0 Å². The third kappa shape index (κ3) is 3.40. The summed E-state index contributed by atoms with van der Waals surface area (Å²) in [5.41, 5.74) is 0.918. The minimum absolute atomic E-state index is 0.0771. The third-order valence-electron chi connectivity index (χ3n) is 1.81. The molecule has 0 spiro atoms. The van der Waals surface area contributed by atoms with Gasteiger partial charge in [-0.05, 0) is 24.1 Å². The zero-order valence-corrected chi connectivity index (χ0v) is 7.47. The average Bonchev–Trinajstić information content (AvgIpc) is 2.15. The number of aryl methyl sites for hydroxylation is 1. The van der Waals surface area contributed by atoms with E-state index in [-0.39, 0.29) is 6.42 Å². The lowest BCUT2D eigenvalue weighted by Crippen LogP contribution is -1.94. The van der Waals surface area contributed by atoms with Gasteiger partial charge in [-0.1, -0.05) is 12.1 Å². The van der Waals surface area contributed by atoms with Crippen LogP contribution in [-0.4, -0.2) is 13.5 Å². The first kappa shape index (κ1) is 9.96. The average molecular weight is 186 g/mol. The van der Waals surface area contributed by atoms with Gasteiger partial charge in [0, 0.05) is 6.42 Å². The van der Waals surface area contributed by atoms with E-state index in [1.54, 1.807) is 31.4 Å². The maximum Gasteiger partial charge on any atom is 0.239 e. The summed E-state index contributed by atoms with van der Waals surface area (Å²) in [5.74, 6) is 0.751. The van der Waals surface area contributed by atoms with Crippen LogP contribution in [-0.2, 0) is 6.42 Å². The zero-order chi connectivity index (χ0) is 9.68. The number of halogens is 2. The molecule has 72 valence electrons. The first-order valence-electron chi connectivity index (χ1n) is 4.13. The van der Waals surface area contributed by atoms with Crippen LogP contribution in [0.2, 0.25) is 0 Å². The van der Waals surface area contributed by atoms with E-state index >= 15 is 0 Å². The molecule has 1 rings (SSSR count). The summed E-state index contributed by atoms with van der Waals surface area (Å²) in [6.45, 7) is 0. The second-order valence-corrected chi connectivity index (χ2v) is 2.78. The molecular formula is C10H12F2O. The van der Waals surface area contributed by atoms with E-state index < -0.39 is 6.43 Å². The zero-order valence-electron chi connectivity index (χ0n) is 7.47. The Morgan fingerprint density at radius 1 is 1.23 bits per heavy atom. The molecule has 0 N–H and O–H groups in total. The highest BCUT2D eigenvalue weighted by atomic mass is 19.3. The molecule has 0 aromatic heterocycles. The van der Waals surface area contributed by atoms with Crippen LogP contribution in [0.3, 0.4) is 0 Å². The second-order valence-electron chi connectivity index (χ2n) is 2.78. The van der Waals surface area contributed by atoms with Gasteiger partial charge in [0.1, 0.15) is 5.75 Å². The fourth-order valence-electron chi connectivity index (χ4n) is 1.07. The molecule has 0 saturated heterocycles. The van der Waals surface area contributed by atoms with Gasteiger partial charge in [0.15, 0.2) is 0 Å². The number of hydrogen-bond acceptors (Lipinski definition) is 1. The highest BCUT2D eigenvalue weighted by molar-refractivity contribution is 5.27. The van der Waals surface area contributed by atoms with Gasteiger partial charge in [-0.3, -0.25) is 0 Å². The Kier molecular flexibility index (Phi) is 3.68. The van der Waals surface area contributed by atoms with Crippen molar-refractivity contribution < 1.29 is 13.5 Å². The topological polar surface area (TPSA) is 9.23 Å². The molecule has 0 fully saturated rings. The summed E-state index contributed by atoms with van der Waals surface area (Å²) in [7, 11) is 1.58. The molecule has 1 nitrogen and oxygen atoms in total. The van der Waals surface area contributed by atoms with Crippen LogP contribution in [0.15, 0.2) is 24.3 Å². The quantitative estimate of drug-likeness (QED) is 0.702. The standard InChI is InChI=1S/C10H12F2O/c1-13-9-5-2-8(3-6-9)4-7-10(11)12/h2-3,5-6,10H,4,7H2,1H3. The summed E-state index contributed by atoms with van der Waals surface area (Å²) in [6.07, 6.45) is -1.88. The van der Waals surface area contributed by atoms with E-state index in [9.17, 15) is 8.78 Å². The van der Waals surface area contributed by atoms with Crippen molar-refractivity contribution in [2.75, 3.05) is 7.11 Å². The molecule has 3 heteroatoms. The lowest BCUT2D eigenvalue weighted by molar-refractivity contribution is 0.138. The van der Waals surface area contributed by atoms with Gasteiger partial charge in [0.2, 0.25) is 6.43 Å². The van der Waals surface area contributed by atoms with Crippen molar-refractivity contribution in [3.05, 3.63) is 29.8 Å². The molecule has 0 aliphatic rings. The summed E-state index contributed by atoms with van der Waals surface area (Å²) in [4.78, 5) is 0. The number of benzene rings is 1. The molecule has 0 heterocycles. The van der Waals surface area contributed by atoms with Crippen molar-refractivity contribution >= 4 is 0 Å². The Bertz CT molecular complexity index is 244. The third-order valence-corrected chi connectivity index (χ3v) is 1.81. The molecule has 13 heavy (non-hydrogen) atoms. The number of ether oxygens (including phenoxy) is 1. The van der Waals surface area contributed by atoms with Crippen LogP contribution >= 0.6 is 0 Å². The summed E-state index contributed by atoms with van der Waals surface area (Å²) in [5, 5.41) is 0. The van der Waals surface area contributed by atoms with E-state index in [4.69, 9.17) is 4.74 Å². The molecule has 0 aliphatic heterocycles.